The summed E-state index contributed by atoms with van der Waals surface area (Å²) in [5, 5.41) is 10.7. The molecule has 1 heterocycles. The maximum absolute atomic E-state index is 10.7. The standard InChI is InChI=1S/C30H38N2O2/c1-23(2)28-15-14-24(3)20-29(28)34-22-27(33)21-31-16-18-32(19-17-31)30(25-10-6-4-7-11-25)26-12-8-5-9-13-26/h4-15,20,23,27,30,33H,16-19,21-22H2,1-3H3/t27-/m1/s1. The zero-order valence-electron chi connectivity index (χ0n) is 20.7. The van der Waals surface area contributed by atoms with Gasteiger partial charge in [0.2, 0.25) is 0 Å². The van der Waals surface area contributed by atoms with Crippen molar-refractivity contribution in [1.82, 2.24) is 9.80 Å². The van der Waals surface area contributed by atoms with Crippen LogP contribution in [0, 0.1) is 6.92 Å². The number of nitrogens with zero attached hydrogens (tertiary/aromatic N) is 2. The molecule has 0 saturated carbocycles. The van der Waals surface area contributed by atoms with Gasteiger partial charge in [0.15, 0.2) is 0 Å². The summed E-state index contributed by atoms with van der Waals surface area (Å²) in [6.45, 7) is 11.2. The van der Waals surface area contributed by atoms with Crippen LogP contribution in [-0.4, -0.2) is 60.3 Å². The van der Waals surface area contributed by atoms with Crippen LogP contribution in [0.4, 0.5) is 0 Å². The highest BCUT2D eigenvalue weighted by Gasteiger charge is 2.27. The zero-order valence-corrected chi connectivity index (χ0v) is 20.7. The predicted octanol–water partition coefficient (Wildman–Crippen LogP) is 5.27. The van der Waals surface area contributed by atoms with Gasteiger partial charge in [0.25, 0.3) is 0 Å². The van der Waals surface area contributed by atoms with Crippen molar-refractivity contribution in [2.45, 2.75) is 38.8 Å². The molecule has 0 aliphatic carbocycles. The monoisotopic (exact) mass is 458 g/mol. The van der Waals surface area contributed by atoms with Crippen molar-refractivity contribution in [2.24, 2.45) is 0 Å². The van der Waals surface area contributed by atoms with Gasteiger partial charge < -0.3 is 9.84 Å². The van der Waals surface area contributed by atoms with Gasteiger partial charge in [-0.25, -0.2) is 0 Å². The number of β-amino-alcohol motifs (C(OH)–C–C–N with tert-alkyl or cyclic N) is 1. The molecular weight excluding hydrogens is 420 g/mol. The first-order valence-electron chi connectivity index (χ1n) is 12.5. The molecule has 1 fully saturated rings. The summed E-state index contributed by atoms with van der Waals surface area (Å²) in [7, 11) is 0. The molecule has 0 radical (unpaired) electrons. The molecule has 3 aromatic carbocycles. The quantitative estimate of drug-likeness (QED) is 0.474. The second kappa shape index (κ2) is 11.7. The van der Waals surface area contributed by atoms with E-state index < -0.39 is 6.10 Å². The lowest BCUT2D eigenvalue weighted by molar-refractivity contribution is 0.0398. The van der Waals surface area contributed by atoms with Gasteiger partial charge in [-0.3, -0.25) is 9.80 Å². The Balaban J connectivity index is 1.33. The van der Waals surface area contributed by atoms with Gasteiger partial charge in [-0.1, -0.05) is 86.6 Å². The Kier molecular flexibility index (Phi) is 8.39. The average molecular weight is 459 g/mol. The van der Waals surface area contributed by atoms with Crippen molar-refractivity contribution in [3.05, 3.63) is 101 Å². The minimum atomic E-state index is -0.508. The highest BCUT2D eigenvalue weighted by Crippen LogP contribution is 2.30. The third kappa shape index (κ3) is 6.26. The number of hydrogen-bond donors (Lipinski definition) is 1. The Hall–Kier alpha value is -2.66. The lowest BCUT2D eigenvalue weighted by Gasteiger charge is -2.40. The van der Waals surface area contributed by atoms with Gasteiger partial charge in [-0.15, -0.1) is 0 Å². The van der Waals surface area contributed by atoms with Crippen LogP contribution in [0.3, 0.4) is 0 Å². The first-order chi connectivity index (χ1) is 16.5. The molecule has 0 bridgehead atoms. The van der Waals surface area contributed by atoms with Gasteiger partial charge in [0.05, 0.1) is 6.04 Å². The van der Waals surface area contributed by atoms with Crippen molar-refractivity contribution in [3.8, 4) is 5.75 Å². The van der Waals surface area contributed by atoms with Crippen LogP contribution in [0.15, 0.2) is 78.9 Å². The summed E-state index contributed by atoms with van der Waals surface area (Å²) in [4.78, 5) is 4.92. The summed E-state index contributed by atoms with van der Waals surface area (Å²) in [6.07, 6.45) is -0.508. The number of piperazine rings is 1. The third-order valence-electron chi connectivity index (χ3n) is 6.69. The SMILES string of the molecule is Cc1ccc(C(C)C)c(OC[C@H](O)CN2CCN(C(c3ccccc3)c3ccccc3)CC2)c1. The van der Waals surface area contributed by atoms with Gasteiger partial charge in [0.1, 0.15) is 18.5 Å². The fourth-order valence-electron chi connectivity index (χ4n) is 4.87. The Morgan fingerprint density at radius 3 is 1.97 bits per heavy atom. The number of ether oxygens (including phenoxy) is 1. The molecule has 1 aliphatic rings. The number of rotatable bonds is 9. The van der Waals surface area contributed by atoms with Gasteiger partial charge in [-0.2, -0.15) is 0 Å². The van der Waals surface area contributed by atoms with Gasteiger partial charge >= 0.3 is 0 Å². The average Bonchev–Trinajstić information content (AvgIpc) is 2.85. The molecule has 1 saturated heterocycles. The van der Waals surface area contributed by atoms with Crippen LogP contribution >= 0.6 is 0 Å². The second-order valence-corrected chi connectivity index (χ2v) is 9.72. The number of aliphatic hydroxyl groups is 1. The minimum Gasteiger partial charge on any atom is -0.491 e. The van der Waals surface area contributed by atoms with Crippen molar-refractivity contribution in [2.75, 3.05) is 39.3 Å². The number of hydrogen-bond acceptors (Lipinski definition) is 4. The van der Waals surface area contributed by atoms with Crippen LogP contribution in [0.25, 0.3) is 0 Å². The summed E-state index contributed by atoms with van der Waals surface area (Å²) in [5.41, 5.74) is 5.03. The maximum atomic E-state index is 10.7. The second-order valence-electron chi connectivity index (χ2n) is 9.72. The van der Waals surface area contributed by atoms with E-state index in [-0.39, 0.29) is 6.04 Å². The van der Waals surface area contributed by atoms with E-state index in [4.69, 9.17) is 4.74 Å². The van der Waals surface area contributed by atoms with E-state index in [0.29, 0.717) is 19.1 Å². The van der Waals surface area contributed by atoms with E-state index in [9.17, 15) is 5.11 Å². The van der Waals surface area contributed by atoms with E-state index >= 15 is 0 Å². The first kappa shape index (κ1) is 24.5. The largest absolute Gasteiger partial charge is 0.491 e. The molecule has 3 aromatic rings. The Morgan fingerprint density at radius 1 is 0.824 bits per heavy atom. The van der Waals surface area contributed by atoms with E-state index in [1.54, 1.807) is 0 Å². The molecule has 1 atom stereocenters. The lowest BCUT2D eigenvalue weighted by Crippen LogP contribution is -2.50. The number of aliphatic hydroxyl groups excluding tert-OH is 1. The van der Waals surface area contributed by atoms with Crippen molar-refractivity contribution in [3.63, 3.8) is 0 Å². The highest BCUT2D eigenvalue weighted by atomic mass is 16.5. The summed E-state index contributed by atoms with van der Waals surface area (Å²) < 4.78 is 6.07. The molecule has 4 rings (SSSR count). The van der Waals surface area contributed by atoms with Crippen LogP contribution in [0.5, 0.6) is 5.75 Å². The Labute approximate surface area is 204 Å². The summed E-state index contributed by atoms with van der Waals surface area (Å²) >= 11 is 0. The van der Waals surface area contributed by atoms with Gasteiger partial charge in [0, 0.05) is 32.7 Å². The van der Waals surface area contributed by atoms with E-state index in [2.05, 4.69) is 109 Å². The highest BCUT2D eigenvalue weighted by molar-refractivity contribution is 5.39. The van der Waals surface area contributed by atoms with Crippen molar-refractivity contribution < 1.29 is 9.84 Å². The van der Waals surface area contributed by atoms with E-state index in [1.807, 2.05) is 0 Å². The van der Waals surface area contributed by atoms with Crippen molar-refractivity contribution in [1.29, 1.82) is 0 Å². The van der Waals surface area contributed by atoms with Crippen LogP contribution in [0.1, 0.15) is 48.1 Å². The molecule has 0 aromatic heterocycles. The predicted molar refractivity (Wildman–Crippen MR) is 140 cm³/mol. The van der Waals surface area contributed by atoms with Crippen molar-refractivity contribution >= 4 is 0 Å². The van der Waals surface area contributed by atoms with Gasteiger partial charge in [-0.05, 0) is 41.2 Å². The van der Waals surface area contributed by atoms with Crippen LogP contribution in [0.2, 0.25) is 0 Å². The smallest absolute Gasteiger partial charge is 0.123 e. The minimum absolute atomic E-state index is 0.258. The molecule has 1 N–H and O–H groups in total. The van der Waals surface area contributed by atoms with E-state index in [1.165, 1.54) is 22.3 Å². The summed E-state index contributed by atoms with van der Waals surface area (Å²) in [6, 6.07) is 28.1. The molecule has 4 heteroatoms. The molecule has 0 spiro atoms. The number of aryl methyl sites for hydroxylation is 1. The molecule has 1 aliphatic heterocycles. The Bertz CT molecular complexity index is 975. The fourth-order valence-corrected chi connectivity index (χ4v) is 4.87. The zero-order chi connectivity index (χ0) is 23.9. The third-order valence-corrected chi connectivity index (χ3v) is 6.69. The van der Waals surface area contributed by atoms with Crippen LogP contribution in [-0.2, 0) is 0 Å². The molecule has 180 valence electrons. The molecule has 34 heavy (non-hydrogen) atoms. The topological polar surface area (TPSA) is 35.9 Å². The lowest BCUT2D eigenvalue weighted by atomic mass is 9.96. The molecular formula is C30H38N2O2. The fraction of sp³-hybridized carbons (Fsp3) is 0.400. The maximum Gasteiger partial charge on any atom is 0.123 e. The molecule has 0 amide bonds. The number of benzene rings is 3. The first-order valence-corrected chi connectivity index (χ1v) is 12.5. The van der Waals surface area contributed by atoms with E-state index in [0.717, 1.165) is 31.9 Å². The molecule has 0 unspecified atom stereocenters. The Morgan fingerprint density at radius 2 is 1.41 bits per heavy atom. The van der Waals surface area contributed by atoms with Crippen LogP contribution < -0.4 is 4.74 Å². The molecule has 4 nitrogen and oxygen atoms in total. The summed E-state index contributed by atoms with van der Waals surface area (Å²) in [5.74, 6) is 1.29. The normalized spacial score (nSPS) is 16.2.